The Kier molecular flexibility index (Phi) is 4.16. The highest BCUT2D eigenvalue weighted by Crippen LogP contribution is 2.38. The Morgan fingerprint density at radius 2 is 1.81 bits per heavy atom. The van der Waals surface area contributed by atoms with Crippen LogP contribution in [0.4, 0.5) is 0 Å². The number of fused-ring (bicyclic) bond motifs is 1. The van der Waals surface area contributed by atoms with Gasteiger partial charge < -0.3 is 5.32 Å². The first-order chi connectivity index (χ1) is 10.1. The first kappa shape index (κ1) is 14.8. The van der Waals surface area contributed by atoms with Crippen LogP contribution in [0.3, 0.4) is 0 Å². The highest BCUT2D eigenvalue weighted by Gasteiger charge is 2.19. The molecule has 1 unspecified atom stereocenters. The van der Waals surface area contributed by atoms with Gasteiger partial charge in [-0.1, -0.05) is 30.3 Å². The van der Waals surface area contributed by atoms with Crippen molar-refractivity contribution in [2.75, 3.05) is 7.05 Å². The van der Waals surface area contributed by atoms with Crippen molar-refractivity contribution >= 4 is 37.4 Å². The number of nitrogens with one attached hydrogen (secondary N) is 1. The summed E-state index contributed by atoms with van der Waals surface area (Å²) < 4.78 is 2.49. The van der Waals surface area contributed by atoms with Crippen molar-refractivity contribution < 1.29 is 0 Å². The summed E-state index contributed by atoms with van der Waals surface area (Å²) in [5, 5.41) is 7.10. The SMILES string of the molecule is CNC(c1cccc(C)c1C)c1csc2c(Br)cccc12. The largest absolute Gasteiger partial charge is 0.309 e. The average molecular weight is 360 g/mol. The maximum absolute atomic E-state index is 3.65. The molecule has 21 heavy (non-hydrogen) atoms. The normalized spacial score (nSPS) is 12.8. The fraction of sp³-hybridized carbons (Fsp3) is 0.222. The number of hydrogen-bond acceptors (Lipinski definition) is 2. The van der Waals surface area contributed by atoms with Crippen molar-refractivity contribution in [3.63, 3.8) is 0 Å². The highest BCUT2D eigenvalue weighted by atomic mass is 79.9. The predicted molar refractivity (Wildman–Crippen MR) is 96.3 cm³/mol. The average Bonchev–Trinajstić information content (AvgIpc) is 2.90. The number of hydrogen-bond donors (Lipinski definition) is 1. The zero-order chi connectivity index (χ0) is 15.0. The smallest absolute Gasteiger partial charge is 0.0591 e. The molecule has 1 N–H and O–H groups in total. The molecule has 0 saturated heterocycles. The molecule has 1 aromatic heterocycles. The van der Waals surface area contributed by atoms with E-state index in [0.29, 0.717) is 0 Å². The zero-order valence-corrected chi connectivity index (χ0v) is 14.8. The maximum Gasteiger partial charge on any atom is 0.0591 e. The topological polar surface area (TPSA) is 12.0 Å². The lowest BCUT2D eigenvalue weighted by Crippen LogP contribution is -2.18. The molecule has 3 aromatic rings. The van der Waals surface area contributed by atoms with Crippen LogP contribution in [-0.2, 0) is 0 Å². The van der Waals surface area contributed by atoms with Gasteiger partial charge >= 0.3 is 0 Å². The number of rotatable bonds is 3. The van der Waals surface area contributed by atoms with Crippen LogP contribution in [0.5, 0.6) is 0 Å². The van der Waals surface area contributed by atoms with Crippen LogP contribution in [0.2, 0.25) is 0 Å². The maximum atomic E-state index is 3.65. The van der Waals surface area contributed by atoms with Gasteiger partial charge in [-0.2, -0.15) is 0 Å². The van der Waals surface area contributed by atoms with Crippen LogP contribution < -0.4 is 5.32 Å². The van der Waals surface area contributed by atoms with E-state index in [1.54, 1.807) is 11.3 Å². The van der Waals surface area contributed by atoms with Gasteiger partial charge in [0.2, 0.25) is 0 Å². The first-order valence-electron chi connectivity index (χ1n) is 7.02. The third-order valence-electron chi connectivity index (χ3n) is 4.14. The van der Waals surface area contributed by atoms with Crippen molar-refractivity contribution in [3.8, 4) is 0 Å². The van der Waals surface area contributed by atoms with Crippen LogP contribution >= 0.6 is 27.3 Å². The van der Waals surface area contributed by atoms with Gasteiger partial charge in [-0.05, 0) is 75.9 Å². The Balaban J connectivity index is 2.19. The highest BCUT2D eigenvalue weighted by molar-refractivity contribution is 9.10. The van der Waals surface area contributed by atoms with Crippen molar-refractivity contribution in [1.29, 1.82) is 0 Å². The van der Waals surface area contributed by atoms with Crippen LogP contribution in [0.15, 0.2) is 46.3 Å². The summed E-state index contributed by atoms with van der Waals surface area (Å²) in [6, 6.07) is 13.2. The third kappa shape index (κ3) is 2.54. The van der Waals surface area contributed by atoms with Crippen LogP contribution in [0.25, 0.3) is 10.1 Å². The van der Waals surface area contributed by atoms with Crippen molar-refractivity contribution in [1.82, 2.24) is 5.32 Å². The minimum atomic E-state index is 0.230. The van der Waals surface area contributed by atoms with E-state index in [-0.39, 0.29) is 6.04 Å². The summed E-state index contributed by atoms with van der Waals surface area (Å²) in [4.78, 5) is 0. The quantitative estimate of drug-likeness (QED) is 0.642. The Morgan fingerprint density at radius 3 is 2.57 bits per heavy atom. The molecule has 0 radical (unpaired) electrons. The fourth-order valence-corrected chi connectivity index (χ4v) is 4.48. The summed E-state index contributed by atoms with van der Waals surface area (Å²) in [6.07, 6.45) is 0. The van der Waals surface area contributed by atoms with Gasteiger partial charge in [-0.3, -0.25) is 0 Å². The van der Waals surface area contributed by atoms with E-state index >= 15 is 0 Å². The molecule has 0 aliphatic rings. The van der Waals surface area contributed by atoms with Crippen molar-refractivity contribution in [2.45, 2.75) is 19.9 Å². The summed E-state index contributed by atoms with van der Waals surface area (Å²) >= 11 is 5.46. The van der Waals surface area contributed by atoms with Gasteiger partial charge in [0.05, 0.1) is 6.04 Å². The molecule has 0 amide bonds. The predicted octanol–water partition coefficient (Wildman–Crippen LogP) is 5.59. The fourth-order valence-electron chi connectivity index (χ4n) is 2.83. The minimum Gasteiger partial charge on any atom is -0.309 e. The summed E-state index contributed by atoms with van der Waals surface area (Å²) in [6.45, 7) is 4.38. The van der Waals surface area contributed by atoms with Crippen molar-refractivity contribution in [3.05, 3.63) is 68.5 Å². The van der Waals surface area contributed by atoms with Gasteiger partial charge in [0, 0.05) is 9.17 Å². The van der Waals surface area contributed by atoms with Crippen LogP contribution in [0.1, 0.15) is 28.3 Å². The van der Waals surface area contributed by atoms with Crippen LogP contribution in [-0.4, -0.2) is 7.05 Å². The lowest BCUT2D eigenvalue weighted by molar-refractivity contribution is 0.693. The number of benzene rings is 2. The monoisotopic (exact) mass is 359 g/mol. The molecule has 0 aliphatic carbocycles. The van der Waals surface area contributed by atoms with Gasteiger partial charge in [-0.25, -0.2) is 0 Å². The molecule has 1 nitrogen and oxygen atoms in total. The second-order valence-electron chi connectivity index (χ2n) is 5.32. The molecule has 3 rings (SSSR count). The van der Waals surface area contributed by atoms with E-state index in [4.69, 9.17) is 0 Å². The summed E-state index contributed by atoms with van der Waals surface area (Å²) in [7, 11) is 2.04. The van der Waals surface area contributed by atoms with E-state index in [1.807, 2.05) is 7.05 Å². The zero-order valence-electron chi connectivity index (χ0n) is 12.4. The van der Waals surface area contributed by atoms with Gasteiger partial charge in [-0.15, -0.1) is 11.3 Å². The second kappa shape index (κ2) is 5.91. The second-order valence-corrected chi connectivity index (χ2v) is 7.05. The minimum absolute atomic E-state index is 0.230. The Labute approximate surface area is 138 Å². The lowest BCUT2D eigenvalue weighted by atomic mass is 9.92. The Morgan fingerprint density at radius 1 is 1.05 bits per heavy atom. The van der Waals surface area contributed by atoms with E-state index in [1.165, 1.54) is 36.8 Å². The molecule has 0 spiro atoms. The molecule has 2 aromatic carbocycles. The van der Waals surface area contributed by atoms with Crippen molar-refractivity contribution in [2.24, 2.45) is 0 Å². The number of thiophene rings is 1. The third-order valence-corrected chi connectivity index (χ3v) is 6.11. The molecule has 0 bridgehead atoms. The molecule has 108 valence electrons. The Bertz CT molecular complexity index is 791. The molecule has 1 heterocycles. The van der Waals surface area contributed by atoms with Gasteiger partial charge in [0.1, 0.15) is 0 Å². The molecular formula is C18H18BrNS. The van der Waals surface area contributed by atoms with Crippen LogP contribution in [0, 0.1) is 13.8 Å². The van der Waals surface area contributed by atoms with E-state index in [2.05, 4.69) is 76.9 Å². The molecule has 0 saturated carbocycles. The Hall–Kier alpha value is -1.16. The number of halogens is 1. The van der Waals surface area contributed by atoms with Gasteiger partial charge in [0.25, 0.3) is 0 Å². The molecule has 1 atom stereocenters. The lowest BCUT2D eigenvalue weighted by Gasteiger charge is -2.20. The van der Waals surface area contributed by atoms with E-state index in [9.17, 15) is 0 Å². The van der Waals surface area contributed by atoms with E-state index < -0.39 is 0 Å². The summed E-state index contributed by atoms with van der Waals surface area (Å²) in [5.41, 5.74) is 5.42. The standard InChI is InChI=1S/C18H18BrNS/c1-11-6-4-7-13(12(11)2)17(20-3)15-10-21-18-14(15)8-5-9-16(18)19/h4-10,17,20H,1-3H3. The molecule has 3 heteroatoms. The molecule has 0 aliphatic heterocycles. The first-order valence-corrected chi connectivity index (χ1v) is 8.69. The van der Waals surface area contributed by atoms with E-state index in [0.717, 1.165) is 0 Å². The molecular weight excluding hydrogens is 342 g/mol. The number of aryl methyl sites for hydroxylation is 1. The van der Waals surface area contributed by atoms with Gasteiger partial charge in [0.15, 0.2) is 0 Å². The molecule has 0 fully saturated rings. The summed E-state index contributed by atoms with van der Waals surface area (Å²) in [5.74, 6) is 0.